The van der Waals surface area contributed by atoms with E-state index in [1.165, 1.54) is 18.4 Å². The second kappa shape index (κ2) is 6.53. The van der Waals surface area contributed by atoms with E-state index in [-0.39, 0.29) is 11.5 Å². The molecule has 0 unspecified atom stereocenters. The highest BCUT2D eigenvalue weighted by Crippen LogP contribution is 2.29. The van der Waals surface area contributed by atoms with Crippen LogP contribution in [0.25, 0.3) is 0 Å². The van der Waals surface area contributed by atoms with E-state index in [0.717, 1.165) is 20.6 Å². The van der Waals surface area contributed by atoms with Gasteiger partial charge in [-0.15, -0.1) is 11.3 Å². The van der Waals surface area contributed by atoms with Crippen LogP contribution in [-0.4, -0.2) is 30.2 Å². The second-order valence-corrected chi connectivity index (χ2v) is 6.85. The van der Waals surface area contributed by atoms with Crippen LogP contribution in [-0.2, 0) is 17.9 Å². The van der Waals surface area contributed by atoms with Gasteiger partial charge in [0.05, 0.1) is 23.2 Å². The molecule has 0 aliphatic heterocycles. The molecular formula is C12H13ClN2O3S2. The molecule has 0 fully saturated rings. The smallest absolute Gasteiger partial charge is 0.347 e. The monoisotopic (exact) mass is 332 g/mol. The SMILES string of the molecule is COCc1nc(N(C)Cc2ccc(Cl)s2)sc1C(=O)O. The van der Waals surface area contributed by atoms with Gasteiger partial charge in [-0.25, -0.2) is 9.78 Å². The maximum atomic E-state index is 11.2. The number of rotatable bonds is 6. The fourth-order valence-corrected chi connectivity index (χ4v) is 3.65. The largest absolute Gasteiger partial charge is 0.477 e. The van der Waals surface area contributed by atoms with Gasteiger partial charge in [-0.3, -0.25) is 0 Å². The maximum absolute atomic E-state index is 11.2. The standard InChI is InChI=1S/C12H13ClN2O3S2/c1-15(5-7-3-4-9(13)19-7)12-14-8(6-18-2)10(20-12)11(16)17/h3-4H,5-6H2,1-2H3,(H,16,17). The molecule has 2 heterocycles. The van der Waals surface area contributed by atoms with E-state index >= 15 is 0 Å². The Morgan fingerprint density at radius 3 is 2.80 bits per heavy atom. The Morgan fingerprint density at radius 1 is 1.50 bits per heavy atom. The van der Waals surface area contributed by atoms with E-state index < -0.39 is 5.97 Å². The fraction of sp³-hybridized carbons (Fsp3) is 0.333. The lowest BCUT2D eigenvalue weighted by Gasteiger charge is -2.13. The quantitative estimate of drug-likeness (QED) is 0.879. The lowest BCUT2D eigenvalue weighted by molar-refractivity contribution is 0.0697. The lowest BCUT2D eigenvalue weighted by atomic mass is 10.4. The number of methoxy groups -OCH3 is 1. The molecule has 2 aromatic rings. The zero-order valence-corrected chi connectivity index (χ0v) is 13.3. The van der Waals surface area contributed by atoms with Crippen molar-refractivity contribution < 1.29 is 14.6 Å². The molecular weight excluding hydrogens is 320 g/mol. The van der Waals surface area contributed by atoms with E-state index in [1.54, 1.807) is 0 Å². The number of hydrogen-bond donors (Lipinski definition) is 1. The minimum absolute atomic E-state index is 0.191. The van der Waals surface area contributed by atoms with Crippen LogP contribution in [0.3, 0.4) is 0 Å². The van der Waals surface area contributed by atoms with Gasteiger partial charge in [0.15, 0.2) is 5.13 Å². The number of thiazole rings is 1. The molecule has 2 rings (SSSR count). The van der Waals surface area contributed by atoms with Crippen molar-refractivity contribution in [1.82, 2.24) is 4.98 Å². The van der Waals surface area contributed by atoms with Crippen LogP contribution in [0.4, 0.5) is 5.13 Å². The van der Waals surface area contributed by atoms with Gasteiger partial charge in [-0.1, -0.05) is 22.9 Å². The molecule has 8 heteroatoms. The van der Waals surface area contributed by atoms with Crippen molar-refractivity contribution in [2.45, 2.75) is 13.2 Å². The normalized spacial score (nSPS) is 10.8. The third-order valence-electron chi connectivity index (χ3n) is 2.51. The van der Waals surface area contributed by atoms with Crippen LogP contribution < -0.4 is 4.90 Å². The predicted molar refractivity (Wildman–Crippen MR) is 81.2 cm³/mol. The summed E-state index contributed by atoms with van der Waals surface area (Å²) < 4.78 is 5.72. The molecule has 1 N–H and O–H groups in total. The summed E-state index contributed by atoms with van der Waals surface area (Å²) in [7, 11) is 3.39. The number of carbonyl (C=O) groups is 1. The van der Waals surface area contributed by atoms with Gasteiger partial charge < -0.3 is 14.7 Å². The van der Waals surface area contributed by atoms with Crippen LogP contribution in [0, 0.1) is 0 Å². The second-order valence-electron chi connectivity index (χ2n) is 4.07. The topological polar surface area (TPSA) is 62.7 Å². The molecule has 0 aliphatic carbocycles. The highest BCUT2D eigenvalue weighted by molar-refractivity contribution is 7.17. The zero-order chi connectivity index (χ0) is 14.7. The number of nitrogens with zero attached hydrogens (tertiary/aromatic N) is 2. The van der Waals surface area contributed by atoms with Crippen molar-refractivity contribution in [2.24, 2.45) is 0 Å². The Morgan fingerprint density at radius 2 is 2.25 bits per heavy atom. The predicted octanol–water partition coefficient (Wildman–Crippen LogP) is 3.34. The third kappa shape index (κ3) is 3.49. The Hall–Kier alpha value is -1.15. The number of hydrogen-bond acceptors (Lipinski definition) is 6. The Balaban J connectivity index is 2.19. The molecule has 0 spiro atoms. The van der Waals surface area contributed by atoms with Crippen molar-refractivity contribution in [3.63, 3.8) is 0 Å². The van der Waals surface area contributed by atoms with Crippen molar-refractivity contribution >= 4 is 45.4 Å². The number of ether oxygens (including phenoxy) is 1. The number of aromatic nitrogens is 1. The first-order valence-corrected chi connectivity index (χ1v) is 7.69. The van der Waals surface area contributed by atoms with Gasteiger partial charge in [-0.05, 0) is 12.1 Å². The van der Waals surface area contributed by atoms with Gasteiger partial charge in [0.1, 0.15) is 4.88 Å². The number of anilines is 1. The van der Waals surface area contributed by atoms with E-state index in [0.29, 0.717) is 17.4 Å². The van der Waals surface area contributed by atoms with Gasteiger partial charge in [0, 0.05) is 19.0 Å². The van der Waals surface area contributed by atoms with Crippen molar-refractivity contribution in [2.75, 3.05) is 19.1 Å². The summed E-state index contributed by atoms with van der Waals surface area (Å²) in [5.41, 5.74) is 0.455. The summed E-state index contributed by atoms with van der Waals surface area (Å²) in [4.78, 5) is 18.7. The highest BCUT2D eigenvalue weighted by Gasteiger charge is 2.19. The van der Waals surface area contributed by atoms with E-state index in [2.05, 4.69) is 4.98 Å². The average molecular weight is 333 g/mol. The van der Waals surface area contributed by atoms with Crippen LogP contribution >= 0.6 is 34.3 Å². The molecule has 0 saturated carbocycles. The molecule has 108 valence electrons. The number of aromatic carboxylic acids is 1. The molecule has 0 atom stereocenters. The Bertz CT molecular complexity index is 612. The summed E-state index contributed by atoms with van der Waals surface area (Å²) in [6, 6.07) is 3.79. The summed E-state index contributed by atoms with van der Waals surface area (Å²) in [5.74, 6) is -0.978. The minimum atomic E-state index is -0.978. The first-order chi connectivity index (χ1) is 9.51. The Labute approximate surface area is 129 Å². The molecule has 0 radical (unpaired) electrons. The van der Waals surface area contributed by atoms with Crippen LogP contribution in [0.1, 0.15) is 20.2 Å². The first-order valence-electron chi connectivity index (χ1n) is 5.68. The summed E-state index contributed by atoms with van der Waals surface area (Å²) in [6.07, 6.45) is 0. The minimum Gasteiger partial charge on any atom is -0.477 e. The van der Waals surface area contributed by atoms with Crippen molar-refractivity contribution in [3.8, 4) is 0 Å². The summed E-state index contributed by atoms with van der Waals surface area (Å²) in [6.45, 7) is 0.827. The maximum Gasteiger partial charge on any atom is 0.347 e. The molecule has 2 aromatic heterocycles. The zero-order valence-electron chi connectivity index (χ0n) is 10.9. The number of carboxylic acid groups (broad SMARTS) is 1. The summed E-state index contributed by atoms with van der Waals surface area (Å²) >= 11 is 8.54. The number of carboxylic acids is 1. The molecule has 0 aromatic carbocycles. The molecule has 0 aliphatic rings. The average Bonchev–Trinajstić information content (AvgIpc) is 2.96. The summed E-state index contributed by atoms with van der Waals surface area (Å²) in [5, 5.41) is 9.81. The molecule has 0 amide bonds. The van der Waals surface area contributed by atoms with Crippen molar-refractivity contribution in [1.29, 1.82) is 0 Å². The highest BCUT2D eigenvalue weighted by atomic mass is 35.5. The van der Waals surface area contributed by atoms with Crippen LogP contribution in [0.5, 0.6) is 0 Å². The van der Waals surface area contributed by atoms with E-state index in [1.807, 2.05) is 24.1 Å². The van der Waals surface area contributed by atoms with E-state index in [4.69, 9.17) is 21.4 Å². The molecule has 0 saturated heterocycles. The van der Waals surface area contributed by atoms with Gasteiger partial charge >= 0.3 is 5.97 Å². The molecule has 5 nitrogen and oxygen atoms in total. The fourth-order valence-electron chi connectivity index (χ4n) is 1.64. The molecule has 0 bridgehead atoms. The van der Waals surface area contributed by atoms with E-state index in [9.17, 15) is 4.79 Å². The number of halogens is 1. The van der Waals surface area contributed by atoms with Crippen LogP contribution in [0.2, 0.25) is 4.34 Å². The number of thiophene rings is 1. The van der Waals surface area contributed by atoms with Gasteiger partial charge in [0.2, 0.25) is 0 Å². The van der Waals surface area contributed by atoms with Gasteiger partial charge in [-0.2, -0.15) is 0 Å². The van der Waals surface area contributed by atoms with Gasteiger partial charge in [0.25, 0.3) is 0 Å². The first kappa shape index (κ1) is 15.2. The Kier molecular flexibility index (Phi) is 4.98. The lowest BCUT2D eigenvalue weighted by Crippen LogP contribution is -2.15. The van der Waals surface area contributed by atoms with Crippen LogP contribution in [0.15, 0.2) is 12.1 Å². The molecule has 20 heavy (non-hydrogen) atoms. The third-order valence-corrected chi connectivity index (χ3v) is 4.93. The van der Waals surface area contributed by atoms with Crippen molar-refractivity contribution in [3.05, 3.63) is 31.9 Å².